The van der Waals surface area contributed by atoms with Crippen molar-refractivity contribution in [2.75, 3.05) is 36.9 Å². The summed E-state index contributed by atoms with van der Waals surface area (Å²) >= 11 is 1.59. The van der Waals surface area contributed by atoms with Crippen LogP contribution < -0.4 is 31.2 Å². The molecule has 1 aliphatic carbocycles. The number of hydrogen-bond donors (Lipinski definition) is 4. The van der Waals surface area contributed by atoms with Crippen molar-refractivity contribution in [3.8, 4) is 11.5 Å². The van der Waals surface area contributed by atoms with Crippen molar-refractivity contribution in [1.29, 1.82) is 0 Å². The molecule has 48 heavy (non-hydrogen) atoms. The van der Waals surface area contributed by atoms with Crippen LogP contribution in [0.2, 0.25) is 0 Å². The zero-order chi connectivity index (χ0) is 33.3. The monoisotopic (exact) mass is 668 g/mol. The van der Waals surface area contributed by atoms with E-state index in [0.29, 0.717) is 41.4 Å². The van der Waals surface area contributed by atoms with Crippen LogP contribution in [0.5, 0.6) is 11.5 Å². The largest absolute Gasteiger partial charge is 0.494 e. The van der Waals surface area contributed by atoms with Crippen LogP contribution in [0.25, 0.3) is 0 Å². The van der Waals surface area contributed by atoms with Crippen molar-refractivity contribution >= 4 is 40.4 Å². The molecule has 12 heteroatoms. The molecule has 0 saturated heterocycles. The van der Waals surface area contributed by atoms with Crippen molar-refractivity contribution in [3.05, 3.63) is 100 Å². The lowest BCUT2D eigenvalue weighted by atomic mass is 10.1. The predicted molar refractivity (Wildman–Crippen MR) is 186 cm³/mol. The number of amides is 3. The van der Waals surface area contributed by atoms with E-state index in [-0.39, 0.29) is 36.4 Å². The van der Waals surface area contributed by atoms with E-state index in [1.54, 1.807) is 41.7 Å². The first-order valence-electron chi connectivity index (χ1n) is 16.3. The summed E-state index contributed by atoms with van der Waals surface area (Å²) < 4.78 is 11.4. The summed E-state index contributed by atoms with van der Waals surface area (Å²) in [5.41, 5.74) is 12.2. The van der Waals surface area contributed by atoms with Crippen LogP contribution in [-0.2, 0) is 17.8 Å². The van der Waals surface area contributed by atoms with Crippen LogP contribution in [0, 0.1) is 0 Å². The second-order valence-corrected chi connectivity index (χ2v) is 12.8. The minimum Gasteiger partial charge on any atom is -0.494 e. The summed E-state index contributed by atoms with van der Waals surface area (Å²) in [5, 5.41) is 11.1. The number of anilines is 2. The number of rotatable bonds is 16. The fourth-order valence-electron chi connectivity index (χ4n) is 5.43. The molecular weight excluding hydrogens is 629 g/mol. The van der Waals surface area contributed by atoms with E-state index in [1.165, 1.54) is 0 Å². The van der Waals surface area contributed by atoms with Crippen LogP contribution in [0.1, 0.15) is 57.7 Å². The van der Waals surface area contributed by atoms with Gasteiger partial charge in [-0.3, -0.25) is 14.4 Å². The smallest absolute Gasteiger partial charge is 0.262 e. The van der Waals surface area contributed by atoms with Crippen LogP contribution in [0.4, 0.5) is 11.4 Å². The Labute approximate surface area is 283 Å². The van der Waals surface area contributed by atoms with Gasteiger partial charge in [-0.25, -0.2) is 4.98 Å². The highest BCUT2D eigenvalue weighted by atomic mass is 32.1. The first kappa shape index (κ1) is 33.1. The van der Waals surface area contributed by atoms with E-state index < -0.39 is 0 Å². The molecule has 2 heterocycles. The molecule has 0 radical (unpaired) electrons. The molecule has 250 valence electrons. The maximum Gasteiger partial charge on any atom is 0.262 e. The number of fused-ring (bicyclic) bond motifs is 1. The Morgan fingerprint density at radius 3 is 2.60 bits per heavy atom. The number of unbranched alkanes of at least 4 members (excludes halogenated alkanes) is 1. The fourth-order valence-corrected chi connectivity index (χ4v) is 6.00. The molecule has 3 amide bonds. The Kier molecular flexibility index (Phi) is 11.0. The number of nitrogens with two attached hydrogens (primary N) is 1. The minimum absolute atomic E-state index is 0.0544. The van der Waals surface area contributed by atoms with E-state index in [2.05, 4.69) is 20.9 Å². The third-order valence-electron chi connectivity index (χ3n) is 8.17. The topological polar surface area (TPSA) is 148 Å². The summed E-state index contributed by atoms with van der Waals surface area (Å²) in [6.07, 6.45) is 4.59. The van der Waals surface area contributed by atoms with Crippen molar-refractivity contribution in [1.82, 2.24) is 15.2 Å². The molecule has 4 aromatic rings. The summed E-state index contributed by atoms with van der Waals surface area (Å²) in [5.74, 6) is 0.721. The number of carbonyl (C=O) groups is 3. The van der Waals surface area contributed by atoms with Gasteiger partial charge in [-0.05, 0) is 92.4 Å². The third kappa shape index (κ3) is 9.18. The Bertz CT molecular complexity index is 1690. The molecule has 0 unspecified atom stereocenters. The van der Waals surface area contributed by atoms with Crippen LogP contribution in [0.3, 0.4) is 0 Å². The first-order valence-corrected chi connectivity index (χ1v) is 17.2. The van der Waals surface area contributed by atoms with Crippen molar-refractivity contribution in [2.24, 2.45) is 5.73 Å². The Balaban J connectivity index is 0.919. The van der Waals surface area contributed by atoms with Gasteiger partial charge in [0.15, 0.2) is 6.61 Å². The molecule has 1 atom stereocenters. The number of nitrogens with zero attached hydrogens (tertiary/aromatic N) is 2. The molecule has 1 aromatic heterocycles. The molecule has 2 aliphatic rings. The van der Waals surface area contributed by atoms with Crippen LogP contribution in [0.15, 0.2) is 77.6 Å². The maximum absolute atomic E-state index is 13.5. The quantitative estimate of drug-likeness (QED) is 0.124. The van der Waals surface area contributed by atoms with Crippen molar-refractivity contribution in [2.45, 2.75) is 50.7 Å². The molecule has 0 bridgehead atoms. The molecule has 6 rings (SSSR count). The average Bonchev–Trinajstić information content (AvgIpc) is 3.82. The molecular formula is C36H40N6O5S. The van der Waals surface area contributed by atoms with Gasteiger partial charge in [0.25, 0.3) is 17.7 Å². The van der Waals surface area contributed by atoms with E-state index in [0.717, 1.165) is 62.2 Å². The van der Waals surface area contributed by atoms with Gasteiger partial charge in [-0.2, -0.15) is 0 Å². The normalized spacial score (nSPS) is 14.3. The maximum atomic E-state index is 13.5. The zero-order valence-electron chi connectivity index (χ0n) is 26.7. The van der Waals surface area contributed by atoms with Gasteiger partial charge in [-0.1, -0.05) is 12.1 Å². The molecule has 1 fully saturated rings. The van der Waals surface area contributed by atoms with E-state index in [4.69, 9.17) is 15.2 Å². The van der Waals surface area contributed by atoms with E-state index >= 15 is 0 Å². The summed E-state index contributed by atoms with van der Waals surface area (Å²) in [6.45, 7) is 2.61. The standard InChI is InChI=1S/C36H40N6O5S/c37-27(18-29-22-48-23-39-29)19-38-15-1-2-16-46-31-12-8-28(9-13-31)40-35(44)25-5-3-24(4-6-25)20-42(30-10-11-30)36(45)26-7-14-32-33(17-26)47-21-34(43)41-32/h3-9,12-14,17,22-23,27,30,38H,1-2,10-11,15-16,18-21,37H2,(H,40,44)(H,41,43)/t27-/m0/s1. The molecule has 0 spiro atoms. The number of carbonyl (C=O) groups excluding carboxylic acids is 3. The Hall–Kier alpha value is -4.78. The lowest BCUT2D eigenvalue weighted by Crippen LogP contribution is -2.36. The van der Waals surface area contributed by atoms with E-state index in [1.807, 2.05) is 52.2 Å². The molecule has 3 aromatic carbocycles. The average molecular weight is 669 g/mol. The van der Waals surface area contributed by atoms with Gasteiger partial charge in [-0.15, -0.1) is 11.3 Å². The highest BCUT2D eigenvalue weighted by molar-refractivity contribution is 7.07. The fraction of sp³-hybridized carbons (Fsp3) is 0.333. The summed E-state index contributed by atoms with van der Waals surface area (Å²) in [4.78, 5) is 44.1. The second kappa shape index (κ2) is 15.9. The van der Waals surface area contributed by atoms with Gasteiger partial charge in [0, 0.05) is 53.8 Å². The second-order valence-electron chi connectivity index (χ2n) is 12.1. The van der Waals surface area contributed by atoms with Gasteiger partial charge in [0.1, 0.15) is 11.5 Å². The number of benzene rings is 3. The SMILES string of the molecule is N[C@H](CNCCCCOc1ccc(NC(=O)c2ccc(CN(C(=O)c3ccc4c(c3)OCC(=O)N4)C3CC3)cc2)cc1)Cc1cscn1. The summed E-state index contributed by atoms with van der Waals surface area (Å²) in [7, 11) is 0. The number of thiazole rings is 1. The molecule has 1 saturated carbocycles. The number of ether oxygens (including phenoxy) is 2. The van der Waals surface area contributed by atoms with Gasteiger partial charge in [0.2, 0.25) is 0 Å². The van der Waals surface area contributed by atoms with E-state index in [9.17, 15) is 14.4 Å². The Morgan fingerprint density at radius 2 is 1.85 bits per heavy atom. The summed E-state index contributed by atoms with van der Waals surface area (Å²) in [6, 6.07) is 20.0. The van der Waals surface area contributed by atoms with Crippen LogP contribution >= 0.6 is 11.3 Å². The molecule has 1 aliphatic heterocycles. The van der Waals surface area contributed by atoms with Crippen LogP contribution in [-0.4, -0.2) is 66.0 Å². The zero-order valence-corrected chi connectivity index (χ0v) is 27.5. The highest BCUT2D eigenvalue weighted by Gasteiger charge is 2.33. The van der Waals surface area contributed by atoms with Gasteiger partial charge >= 0.3 is 0 Å². The predicted octanol–water partition coefficient (Wildman–Crippen LogP) is 4.85. The molecule has 5 N–H and O–H groups in total. The lowest BCUT2D eigenvalue weighted by Gasteiger charge is -2.24. The van der Waals surface area contributed by atoms with Gasteiger partial charge < -0.3 is 36.1 Å². The third-order valence-corrected chi connectivity index (χ3v) is 8.80. The van der Waals surface area contributed by atoms with Crippen molar-refractivity contribution in [3.63, 3.8) is 0 Å². The minimum atomic E-state index is -0.217. The van der Waals surface area contributed by atoms with Crippen molar-refractivity contribution < 1.29 is 23.9 Å². The number of nitrogens with one attached hydrogen (secondary N) is 3. The van der Waals surface area contributed by atoms with Gasteiger partial charge in [0.05, 0.1) is 23.5 Å². The number of aromatic nitrogens is 1. The first-order chi connectivity index (χ1) is 23.4. The number of hydrogen-bond acceptors (Lipinski definition) is 9. The highest BCUT2D eigenvalue weighted by Crippen LogP contribution is 2.33. The Morgan fingerprint density at radius 1 is 1.06 bits per heavy atom. The molecule has 11 nitrogen and oxygen atoms in total. The lowest BCUT2D eigenvalue weighted by molar-refractivity contribution is -0.118.